The number of nitrogens with zero attached hydrogens (tertiary/aromatic N) is 1. The molecule has 1 aromatic carbocycles. The van der Waals surface area contributed by atoms with Crippen molar-refractivity contribution in [2.45, 2.75) is 32.9 Å². The molecule has 2 rings (SSSR count). The number of fused-ring (bicyclic) bond motifs is 1. The Hall–Kier alpha value is -1.26. The third kappa shape index (κ3) is 3.87. The lowest BCUT2D eigenvalue weighted by atomic mass is 10.1. The van der Waals surface area contributed by atoms with Gasteiger partial charge in [0.2, 0.25) is 0 Å². The van der Waals surface area contributed by atoms with E-state index in [4.69, 9.17) is 9.47 Å². The molecule has 1 aromatic rings. The highest BCUT2D eigenvalue weighted by Gasteiger charge is 2.21. The molecule has 1 atom stereocenters. The molecule has 1 heterocycles. The monoisotopic (exact) mass is 278 g/mol. The van der Waals surface area contributed by atoms with Gasteiger partial charge in [-0.1, -0.05) is 0 Å². The third-order valence-corrected chi connectivity index (χ3v) is 3.43. The lowest BCUT2D eigenvalue weighted by Gasteiger charge is -2.14. The quantitative estimate of drug-likeness (QED) is 0.774. The van der Waals surface area contributed by atoms with Gasteiger partial charge >= 0.3 is 0 Å². The molecule has 0 saturated carbocycles. The number of benzene rings is 1. The summed E-state index contributed by atoms with van der Waals surface area (Å²) in [6.07, 6.45) is 1.25. The molecule has 1 aliphatic rings. The molecule has 0 radical (unpaired) electrons. The SMILES string of the molecule is CCOc1cc2c(cc1CNCCN(C)C)OC(C)C2. The van der Waals surface area contributed by atoms with Crippen molar-refractivity contribution in [1.29, 1.82) is 0 Å². The average molecular weight is 278 g/mol. The number of hydrogen-bond donors (Lipinski definition) is 1. The highest BCUT2D eigenvalue weighted by Crippen LogP contribution is 2.35. The topological polar surface area (TPSA) is 33.7 Å². The van der Waals surface area contributed by atoms with Crippen molar-refractivity contribution in [1.82, 2.24) is 10.2 Å². The number of ether oxygens (including phenoxy) is 2. The molecule has 20 heavy (non-hydrogen) atoms. The van der Waals surface area contributed by atoms with Gasteiger partial charge in [0.15, 0.2) is 0 Å². The fourth-order valence-electron chi connectivity index (χ4n) is 2.44. The van der Waals surface area contributed by atoms with Crippen LogP contribution in [0.15, 0.2) is 12.1 Å². The summed E-state index contributed by atoms with van der Waals surface area (Å²) in [5.74, 6) is 2.01. The standard InChI is InChI=1S/C16H26N2O2/c1-5-19-15-9-13-8-12(2)20-16(13)10-14(15)11-17-6-7-18(3)4/h9-10,12,17H,5-8,11H2,1-4H3. The molecule has 0 aliphatic carbocycles. The van der Waals surface area contributed by atoms with Gasteiger partial charge in [-0.2, -0.15) is 0 Å². The van der Waals surface area contributed by atoms with Crippen LogP contribution < -0.4 is 14.8 Å². The van der Waals surface area contributed by atoms with Gasteiger partial charge in [-0.3, -0.25) is 0 Å². The van der Waals surface area contributed by atoms with E-state index < -0.39 is 0 Å². The van der Waals surface area contributed by atoms with Crippen molar-refractivity contribution in [3.63, 3.8) is 0 Å². The summed E-state index contributed by atoms with van der Waals surface area (Å²) in [4.78, 5) is 2.17. The maximum absolute atomic E-state index is 5.83. The molecule has 0 bridgehead atoms. The maximum atomic E-state index is 5.83. The second kappa shape index (κ2) is 6.95. The summed E-state index contributed by atoms with van der Waals surface area (Å²) in [5.41, 5.74) is 2.44. The summed E-state index contributed by atoms with van der Waals surface area (Å²) in [6, 6.07) is 4.28. The first-order chi connectivity index (χ1) is 9.60. The van der Waals surface area contributed by atoms with E-state index >= 15 is 0 Å². The fraction of sp³-hybridized carbons (Fsp3) is 0.625. The minimum absolute atomic E-state index is 0.274. The Kier molecular flexibility index (Phi) is 5.26. The largest absolute Gasteiger partial charge is 0.494 e. The normalized spacial score (nSPS) is 17.1. The average Bonchev–Trinajstić information content (AvgIpc) is 2.74. The van der Waals surface area contributed by atoms with E-state index in [1.807, 2.05) is 6.92 Å². The minimum Gasteiger partial charge on any atom is -0.494 e. The molecule has 0 aromatic heterocycles. The van der Waals surface area contributed by atoms with Crippen molar-refractivity contribution >= 4 is 0 Å². The van der Waals surface area contributed by atoms with E-state index in [1.54, 1.807) is 0 Å². The summed E-state index contributed by atoms with van der Waals surface area (Å²) in [5, 5.41) is 3.46. The number of nitrogens with one attached hydrogen (secondary N) is 1. The van der Waals surface area contributed by atoms with Gasteiger partial charge in [-0.05, 0) is 40.1 Å². The maximum Gasteiger partial charge on any atom is 0.124 e. The van der Waals surface area contributed by atoms with E-state index in [-0.39, 0.29) is 6.10 Å². The van der Waals surface area contributed by atoms with Crippen LogP contribution in [-0.2, 0) is 13.0 Å². The van der Waals surface area contributed by atoms with Crippen LogP contribution in [0.3, 0.4) is 0 Å². The lowest BCUT2D eigenvalue weighted by molar-refractivity contribution is 0.254. The van der Waals surface area contributed by atoms with E-state index in [2.05, 4.69) is 43.4 Å². The molecule has 0 fully saturated rings. The molecule has 0 amide bonds. The van der Waals surface area contributed by atoms with Crippen LogP contribution in [0, 0.1) is 0 Å². The first kappa shape index (κ1) is 15.1. The van der Waals surface area contributed by atoms with Crippen molar-refractivity contribution in [3.8, 4) is 11.5 Å². The third-order valence-electron chi connectivity index (χ3n) is 3.43. The zero-order valence-corrected chi connectivity index (χ0v) is 13.0. The molecule has 0 saturated heterocycles. The molecular formula is C16H26N2O2. The number of likely N-dealkylation sites (N-methyl/N-ethyl adjacent to an activating group) is 1. The number of rotatable bonds is 7. The van der Waals surface area contributed by atoms with Gasteiger partial charge in [0.25, 0.3) is 0 Å². The number of hydrogen-bond acceptors (Lipinski definition) is 4. The van der Waals surface area contributed by atoms with Gasteiger partial charge in [-0.15, -0.1) is 0 Å². The molecule has 1 aliphatic heterocycles. The van der Waals surface area contributed by atoms with Gasteiger partial charge < -0.3 is 19.7 Å². The summed E-state index contributed by atoms with van der Waals surface area (Å²) in [6.45, 7) is 7.63. The predicted octanol–water partition coefficient (Wildman–Crippen LogP) is 2.06. The second-order valence-electron chi connectivity index (χ2n) is 5.61. The van der Waals surface area contributed by atoms with Crippen LogP contribution in [0.1, 0.15) is 25.0 Å². The first-order valence-electron chi connectivity index (χ1n) is 7.40. The fourth-order valence-corrected chi connectivity index (χ4v) is 2.44. The minimum atomic E-state index is 0.274. The molecular weight excluding hydrogens is 252 g/mol. The highest BCUT2D eigenvalue weighted by molar-refractivity contribution is 5.48. The summed E-state index contributed by atoms with van der Waals surface area (Å²) in [7, 11) is 4.16. The van der Waals surface area contributed by atoms with Crippen molar-refractivity contribution in [2.75, 3.05) is 33.8 Å². The van der Waals surface area contributed by atoms with Crippen molar-refractivity contribution < 1.29 is 9.47 Å². The van der Waals surface area contributed by atoms with Crippen LogP contribution >= 0.6 is 0 Å². The van der Waals surface area contributed by atoms with E-state index in [9.17, 15) is 0 Å². The van der Waals surface area contributed by atoms with Gasteiger partial charge in [0, 0.05) is 37.2 Å². The lowest BCUT2D eigenvalue weighted by Crippen LogP contribution is -2.26. The van der Waals surface area contributed by atoms with Crippen LogP contribution in [-0.4, -0.2) is 44.8 Å². The molecule has 0 spiro atoms. The molecule has 1 unspecified atom stereocenters. The predicted molar refractivity (Wildman–Crippen MR) is 81.7 cm³/mol. The van der Waals surface area contributed by atoms with Crippen molar-refractivity contribution in [3.05, 3.63) is 23.3 Å². The molecule has 4 heteroatoms. The van der Waals surface area contributed by atoms with Gasteiger partial charge in [-0.25, -0.2) is 0 Å². The Balaban J connectivity index is 2.04. The van der Waals surface area contributed by atoms with Gasteiger partial charge in [0.1, 0.15) is 17.6 Å². The Morgan fingerprint density at radius 2 is 2.20 bits per heavy atom. The van der Waals surface area contributed by atoms with Gasteiger partial charge in [0.05, 0.1) is 6.61 Å². The van der Waals surface area contributed by atoms with E-state index in [1.165, 1.54) is 11.1 Å². The second-order valence-corrected chi connectivity index (χ2v) is 5.61. The molecule has 4 nitrogen and oxygen atoms in total. The van der Waals surface area contributed by atoms with Crippen LogP contribution in [0.2, 0.25) is 0 Å². The van der Waals surface area contributed by atoms with Crippen LogP contribution in [0.4, 0.5) is 0 Å². The van der Waals surface area contributed by atoms with E-state index in [0.29, 0.717) is 6.61 Å². The van der Waals surface area contributed by atoms with Crippen molar-refractivity contribution in [2.24, 2.45) is 0 Å². The zero-order chi connectivity index (χ0) is 14.5. The molecule has 112 valence electrons. The van der Waals surface area contributed by atoms with Crippen LogP contribution in [0.5, 0.6) is 11.5 Å². The van der Waals surface area contributed by atoms with Crippen LogP contribution in [0.25, 0.3) is 0 Å². The first-order valence-corrected chi connectivity index (χ1v) is 7.40. The highest BCUT2D eigenvalue weighted by atomic mass is 16.5. The van der Waals surface area contributed by atoms with E-state index in [0.717, 1.165) is 37.6 Å². The smallest absolute Gasteiger partial charge is 0.124 e. The Labute approximate surface area is 122 Å². The Bertz CT molecular complexity index is 446. The Morgan fingerprint density at radius 1 is 1.40 bits per heavy atom. The summed E-state index contributed by atoms with van der Waals surface area (Å²) < 4.78 is 11.6. The molecule has 1 N–H and O–H groups in total. The summed E-state index contributed by atoms with van der Waals surface area (Å²) >= 11 is 0. The Morgan fingerprint density at radius 3 is 2.90 bits per heavy atom. The zero-order valence-electron chi connectivity index (χ0n) is 13.0.